The van der Waals surface area contributed by atoms with Crippen molar-refractivity contribution < 1.29 is 14.6 Å². The third kappa shape index (κ3) is 4.22. The molecular weight excluding hydrogens is 252 g/mol. The number of rotatable bonds is 6. The minimum atomic E-state index is -0.881. The lowest BCUT2D eigenvalue weighted by atomic mass is 9.97. The van der Waals surface area contributed by atoms with Crippen LogP contribution in [-0.2, 0) is 11.2 Å². The highest BCUT2D eigenvalue weighted by molar-refractivity contribution is 6.21. The topological polar surface area (TPSA) is 46.5 Å². The molecule has 100 valence electrons. The van der Waals surface area contributed by atoms with Crippen molar-refractivity contribution >= 4 is 17.6 Å². The standard InChI is InChI=1S/C14H19ClO3/c1-9(2)10-4-5-13(18-3)11(6-10)7-12(15)8-14(16)17/h4-6,9,12H,7-8H2,1-3H3,(H,16,17). The van der Waals surface area contributed by atoms with Gasteiger partial charge in [-0.2, -0.15) is 0 Å². The first-order valence-electron chi connectivity index (χ1n) is 5.96. The van der Waals surface area contributed by atoms with Crippen LogP contribution in [-0.4, -0.2) is 23.6 Å². The summed E-state index contributed by atoms with van der Waals surface area (Å²) >= 11 is 6.03. The lowest BCUT2D eigenvalue weighted by Gasteiger charge is -2.14. The first kappa shape index (κ1) is 14.8. The number of carboxylic acid groups (broad SMARTS) is 1. The normalized spacial score (nSPS) is 12.5. The Bertz CT molecular complexity index is 416. The zero-order chi connectivity index (χ0) is 13.7. The summed E-state index contributed by atoms with van der Waals surface area (Å²) in [4.78, 5) is 10.6. The number of alkyl halides is 1. The van der Waals surface area contributed by atoms with Gasteiger partial charge in [-0.15, -0.1) is 11.6 Å². The highest BCUT2D eigenvalue weighted by Gasteiger charge is 2.14. The maximum atomic E-state index is 10.6. The molecule has 0 radical (unpaired) electrons. The lowest BCUT2D eigenvalue weighted by Crippen LogP contribution is -2.11. The average molecular weight is 271 g/mol. The highest BCUT2D eigenvalue weighted by atomic mass is 35.5. The molecule has 1 aromatic carbocycles. The monoisotopic (exact) mass is 270 g/mol. The van der Waals surface area contributed by atoms with Gasteiger partial charge in [0, 0.05) is 5.38 Å². The van der Waals surface area contributed by atoms with Gasteiger partial charge in [0.15, 0.2) is 0 Å². The molecule has 1 N–H and O–H groups in total. The van der Waals surface area contributed by atoms with E-state index in [0.717, 1.165) is 11.3 Å². The van der Waals surface area contributed by atoms with Crippen LogP contribution in [0, 0.1) is 0 Å². The molecule has 0 amide bonds. The number of halogens is 1. The van der Waals surface area contributed by atoms with Crippen molar-refractivity contribution in [1.82, 2.24) is 0 Å². The summed E-state index contributed by atoms with van der Waals surface area (Å²) < 4.78 is 5.28. The van der Waals surface area contributed by atoms with E-state index < -0.39 is 11.3 Å². The Hall–Kier alpha value is -1.22. The van der Waals surface area contributed by atoms with Crippen molar-refractivity contribution in [2.24, 2.45) is 0 Å². The Balaban J connectivity index is 2.90. The molecule has 0 heterocycles. The molecule has 0 fully saturated rings. The Kier molecular flexibility index (Phi) is 5.48. The van der Waals surface area contributed by atoms with Crippen LogP contribution in [0.15, 0.2) is 18.2 Å². The molecule has 18 heavy (non-hydrogen) atoms. The van der Waals surface area contributed by atoms with Gasteiger partial charge >= 0.3 is 5.97 Å². The van der Waals surface area contributed by atoms with Crippen LogP contribution in [0.3, 0.4) is 0 Å². The maximum absolute atomic E-state index is 10.6. The lowest BCUT2D eigenvalue weighted by molar-refractivity contribution is -0.137. The zero-order valence-corrected chi connectivity index (χ0v) is 11.7. The molecular formula is C14H19ClO3. The van der Waals surface area contributed by atoms with Crippen molar-refractivity contribution in [3.05, 3.63) is 29.3 Å². The number of hydrogen-bond acceptors (Lipinski definition) is 2. The van der Waals surface area contributed by atoms with Gasteiger partial charge in [0.25, 0.3) is 0 Å². The van der Waals surface area contributed by atoms with Crippen LogP contribution in [0.5, 0.6) is 5.75 Å². The molecule has 0 saturated heterocycles. The van der Waals surface area contributed by atoms with E-state index in [1.807, 2.05) is 18.2 Å². The quantitative estimate of drug-likeness (QED) is 0.806. The van der Waals surface area contributed by atoms with Gasteiger partial charge in [-0.25, -0.2) is 0 Å². The molecule has 0 spiro atoms. The summed E-state index contributed by atoms with van der Waals surface area (Å²) in [6, 6.07) is 5.98. The van der Waals surface area contributed by atoms with Crippen molar-refractivity contribution in [3.8, 4) is 5.75 Å². The predicted molar refractivity (Wildman–Crippen MR) is 72.7 cm³/mol. The molecule has 0 aromatic heterocycles. The zero-order valence-electron chi connectivity index (χ0n) is 10.9. The van der Waals surface area contributed by atoms with E-state index in [0.29, 0.717) is 12.3 Å². The Labute approximate surface area is 113 Å². The van der Waals surface area contributed by atoms with Gasteiger partial charge in [-0.3, -0.25) is 4.79 Å². The molecule has 0 bridgehead atoms. The second kappa shape index (κ2) is 6.64. The number of carbonyl (C=O) groups is 1. The average Bonchev–Trinajstić information content (AvgIpc) is 2.27. The molecule has 4 heteroatoms. The van der Waals surface area contributed by atoms with E-state index in [9.17, 15) is 4.79 Å². The van der Waals surface area contributed by atoms with Crippen LogP contribution in [0.25, 0.3) is 0 Å². The molecule has 0 saturated carbocycles. The van der Waals surface area contributed by atoms with Crippen LogP contribution in [0.1, 0.15) is 37.3 Å². The third-order valence-electron chi connectivity index (χ3n) is 2.81. The Morgan fingerprint density at radius 3 is 2.61 bits per heavy atom. The molecule has 0 aliphatic heterocycles. The van der Waals surface area contributed by atoms with Crippen molar-refractivity contribution in [3.63, 3.8) is 0 Å². The largest absolute Gasteiger partial charge is 0.496 e. The summed E-state index contributed by atoms with van der Waals surface area (Å²) in [5.74, 6) is 0.298. The highest BCUT2D eigenvalue weighted by Crippen LogP contribution is 2.26. The summed E-state index contributed by atoms with van der Waals surface area (Å²) in [7, 11) is 1.61. The second-order valence-corrected chi connectivity index (χ2v) is 5.24. The second-order valence-electron chi connectivity index (χ2n) is 4.63. The van der Waals surface area contributed by atoms with Gasteiger partial charge in [0.2, 0.25) is 0 Å². The number of carboxylic acids is 1. The number of ether oxygens (including phenoxy) is 1. The number of methoxy groups -OCH3 is 1. The summed E-state index contributed by atoms with van der Waals surface area (Å²) in [6.45, 7) is 4.22. The fourth-order valence-corrected chi connectivity index (χ4v) is 2.12. The maximum Gasteiger partial charge on any atom is 0.304 e. The van der Waals surface area contributed by atoms with Gasteiger partial charge in [-0.05, 0) is 29.5 Å². The number of hydrogen-bond donors (Lipinski definition) is 1. The first-order valence-corrected chi connectivity index (χ1v) is 6.40. The van der Waals surface area contributed by atoms with Gasteiger partial charge < -0.3 is 9.84 Å². The van der Waals surface area contributed by atoms with Crippen molar-refractivity contribution in [1.29, 1.82) is 0 Å². The summed E-state index contributed by atoms with van der Waals surface area (Å²) in [5, 5.41) is 8.30. The third-order valence-corrected chi connectivity index (χ3v) is 3.12. The van der Waals surface area contributed by atoms with Crippen LogP contribution < -0.4 is 4.74 Å². The van der Waals surface area contributed by atoms with E-state index in [4.69, 9.17) is 21.4 Å². The van der Waals surface area contributed by atoms with E-state index in [-0.39, 0.29) is 6.42 Å². The number of benzene rings is 1. The van der Waals surface area contributed by atoms with E-state index in [1.54, 1.807) is 7.11 Å². The van der Waals surface area contributed by atoms with Gasteiger partial charge in [-0.1, -0.05) is 26.0 Å². The molecule has 1 unspecified atom stereocenters. The number of aliphatic carboxylic acids is 1. The molecule has 0 aliphatic carbocycles. The predicted octanol–water partition coefficient (Wildman–Crippen LogP) is 3.44. The minimum Gasteiger partial charge on any atom is -0.496 e. The van der Waals surface area contributed by atoms with E-state index in [2.05, 4.69) is 13.8 Å². The molecule has 0 aliphatic rings. The fraction of sp³-hybridized carbons (Fsp3) is 0.500. The fourth-order valence-electron chi connectivity index (χ4n) is 1.82. The van der Waals surface area contributed by atoms with Gasteiger partial charge in [0.1, 0.15) is 5.75 Å². The van der Waals surface area contributed by atoms with Gasteiger partial charge in [0.05, 0.1) is 13.5 Å². The van der Waals surface area contributed by atoms with Crippen molar-refractivity contribution in [2.75, 3.05) is 7.11 Å². The van der Waals surface area contributed by atoms with Crippen molar-refractivity contribution in [2.45, 2.75) is 38.0 Å². The van der Waals surface area contributed by atoms with E-state index >= 15 is 0 Å². The molecule has 1 aromatic rings. The summed E-state index contributed by atoms with van der Waals surface area (Å²) in [6.07, 6.45) is 0.453. The molecule has 3 nitrogen and oxygen atoms in total. The Morgan fingerprint density at radius 1 is 1.44 bits per heavy atom. The SMILES string of the molecule is COc1ccc(C(C)C)cc1CC(Cl)CC(=O)O. The minimum absolute atomic E-state index is 0.0450. The van der Waals surface area contributed by atoms with Crippen LogP contribution in [0.4, 0.5) is 0 Å². The Morgan fingerprint density at radius 2 is 2.11 bits per heavy atom. The smallest absolute Gasteiger partial charge is 0.304 e. The molecule has 1 rings (SSSR count). The molecule has 1 atom stereocenters. The summed E-state index contributed by atoms with van der Waals surface area (Å²) in [5.41, 5.74) is 2.16. The van der Waals surface area contributed by atoms with E-state index in [1.165, 1.54) is 5.56 Å². The first-order chi connectivity index (χ1) is 8.43. The van der Waals surface area contributed by atoms with Crippen LogP contribution in [0.2, 0.25) is 0 Å². The van der Waals surface area contributed by atoms with Crippen LogP contribution >= 0.6 is 11.6 Å².